The Hall–Kier alpha value is -2.73. The standard InChI is InChI=1S/C18H16N2O3S/c1-10-3-5-13(11(2)7-10)19-18-20-17(23)16(24-18)9-12-4-6-14(21)15(22)8-12/h3-9,21-22H,1-2H3,(H,19,20,23)/b16-9-. The molecule has 0 radical (unpaired) electrons. The molecule has 0 spiro atoms. The van der Waals surface area contributed by atoms with E-state index in [1.54, 1.807) is 12.1 Å². The van der Waals surface area contributed by atoms with Crippen LogP contribution < -0.4 is 5.32 Å². The van der Waals surface area contributed by atoms with Gasteiger partial charge in [-0.25, -0.2) is 4.99 Å². The van der Waals surface area contributed by atoms with Crippen molar-refractivity contribution in [3.05, 3.63) is 58.0 Å². The van der Waals surface area contributed by atoms with Crippen LogP contribution in [0.15, 0.2) is 46.3 Å². The van der Waals surface area contributed by atoms with Gasteiger partial charge in [-0.05, 0) is 61.0 Å². The zero-order valence-electron chi connectivity index (χ0n) is 13.2. The van der Waals surface area contributed by atoms with Gasteiger partial charge in [-0.1, -0.05) is 23.8 Å². The lowest BCUT2D eigenvalue weighted by Gasteiger charge is -2.02. The summed E-state index contributed by atoms with van der Waals surface area (Å²) in [5.74, 6) is -0.661. The third kappa shape index (κ3) is 3.44. The number of aryl methyl sites for hydroxylation is 2. The van der Waals surface area contributed by atoms with E-state index >= 15 is 0 Å². The van der Waals surface area contributed by atoms with Gasteiger partial charge >= 0.3 is 0 Å². The van der Waals surface area contributed by atoms with Crippen molar-refractivity contribution in [2.45, 2.75) is 13.8 Å². The molecular formula is C18H16N2O3S. The predicted molar refractivity (Wildman–Crippen MR) is 96.5 cm³/mol. The molecule has 1 fully saturated rings. The van der Waals surface area contributed by atoms with Gasteiger partial charge in [0.05, 0.1) is 10.6 Å². The summed E-state index contributed by atoms with van der Waals surface area (Å²) in [6.45, 7) is 3.99. The van der Waals surface area contributed by atoms with Gasteiger partial charge < -0.3 is 15.5 Å². The number of amidine groups is 1. The summed E-state index contributed by atoms with van der Waals surface area (Å²) >= 11 is 1.24. The number of hydrogen-bond donors (Lipinski definition) is 3. The number of benzene rings is 2. The Kier molecular flexibility index (Phi) is 4.31. The number of aromatic hydroxyl groups is 2. The topological polar surface area (TPSA) is 81.9 Å². The number of amides is 1. The third-order valence-corrected chi connectivity index (χ3v) is 4.43. The monoisotopic (exact) mass is 340 g/mol. The first-order valence-electron chi connectivity index (χ1n) is 7.31. The Bertz CT molecular complexity index is 888. The smallest absolute Gasteiger partial charge is 0.264 e. The van der Waals surface area contributed by atoms with Gasteiger partial charge in [-0.2, -0.15) is 0 Å². The van der Waals surface area contributed by atoms with E-state index < -0.39 is 0 Å². The van der Waals surface area contributed by atoms with Crippen LogP contribution in [0.25, 0.3) is 6.08 Å². The van der Waals surface area contributed by atoms with E-state index in [9.17, 15) is 15.0 Å². The lowest BCUT2D eigenvalue weighted by molar-refractivity contribution is -0.115. The molecule has 0 bridgehead atoms. The second kappa shape index (κ2) is 6.41. The number of nitrogens with one attached hydrogen (secondary N) is 1. The van der Waals surface area contributed by atoms with Crippen LogP contribution in [0, 0.1) is 13.8 Å². The van der Waals surface area contributed by atoms with E-state index in [2.05, 4.69) is 10.3 Å². The second-order valence-electron chi connectivity index (χ2n) is 5.52. The fraction of sp³-hybridized carbons (Fsp3) is 0.111. The van der Waals surface area contributed by atoms with Crippen molar-refractivity contribution >= 4 is 34.6 Å². The quantitative estimate of drug-likeness (QED) is 0.576. The van der Waals surface area contributed by atoms with Crippen LogP contribution in [0.5, 0.6) is 11.5 Å². The van der Waals surface area contributed by atoms with Crippen molar-refractivity contribution in [2.24, 2.45) is 4.99 Å². The first-order chi connectivity index (χ1) is 11.4. The van der Waals surface area contributed by atoms with Crippen LogP contribution >= 0.6 is 11.8 Å². The summed E-state index contributed by atoms with van der Waals surface area (Å²) in [5, 5.41) is 22.1. The summed E-state index contributed by atoms with van der Waals surface area (Å²) in [4.78, 5) is 17.0. The van der Waals surface area contributed by atoms with Crippen LogP contribution in [-0.2, 0) is 4.79 Å². The molecule has 0 atom stereocenters. The number of thioether (sulfide) groups is 1. The zero-order valence-corrected chi connectivity index (χ0v) is 14.0. The molecule has 2 aromatic rings. The first kappa shape index (κ1) is 16.1. The SMILES string of the molecule is Cc1ccc(N=C2NC(=O)/C(=C/c3ccc(O)c(O)c3)S2)c(C)c1. The minimum atomic E-state index is -0.240. The third-order valence-electron chi connectivity index (χ3n) is 3.52. The van der Waals surface area contributed by atoms with Crippen molar-refractivity contribution in [1.82, 2.24) is 5.32 Å². The molecule has 2 aromatic carbocycles. The molecule has 1 heterocycles. The summed E-state index contributed by atoms with van der Waals surface area (Å²) in [6.07, 6.45) is 1.64. The first-order valence-corrected chi connectivity index (χ1v) is 8.13. The summed E-state index contributed by atoms with van der Waals surface area (Å²) in [6, 6.07) is 10.3. The number of carbonyl (C=O) groups is 1. The van der Waals surface area contributed by atoms with Crippen molar-refractivity contribution in [1.29, 1.82) is 0 Å². The van der Waals surface area contributed by atoms with Gasteiger partial charge in [0, 0.05) is 0 Å². The fourth-order valence-electron chi connectivity index (χ4n) is 2.30. The van der Waals surface area contributed by atoms with Crippen LogP contribution in [0.1, 0.15) is 16.7 Å². The molecule has 122 valence electrons. The predicted octanol–water partition coefficient (Wildman–Crippen LogP) is 3.61. The van der Waals surface area contributed by atoms with Gasteiger partial charge in [0.25, 0.3) is 5.91 Å². The molecule has 1 saturated heterocycles. The van der Waals surface area contributed by atoms with Crippen molar-refractivity contribution < 1.29 is 15.0 Å². The number of rotatable bonds is 2. The second-order valence-corrected chi connectivity index (χ2v) is 6.55. The van der Waals surface area contributed by atoms with Gasteiger partial charge in [-0.15, -0.1) is 0 Å². The fourth-order valence-corrected chi connectivity index (χ4v) is 3.14. The summed E-state index contributed by atoms with van der Waals surface area (Å²) < 4.78 is 0. The summed E-state index contributed by atoms with van der Waals surface area (Å²) in [7, 11) is 0. The van der Waals surface area contributed by atoms with Gasteiger partial charge in [0.15, 0.2) is 16.7 Å². The van der Waals surface area contributed by atoms with Gasteiger partial charge in [-0.3, -0.25) is 4.79 Å². The molecule has 1 aliphatic heterocycles. The highest BCUT2D eigenvalue weighted by Gasteiger charge is 2.24. The van der Waals surface area contributed by atoms with Crippen molar-refractivity contribution in [3.8, 4) is 11.5 Å². The van der Waals surface area contributed by atoms with E-state index in [-0.39, 0.29) is 17.4 Å². The van der Waals surface area contributed by atoms with Gasteiger partial charge in [0.2, 0.25) is 0 Å². The number of hydrogen-bond acceptors (Lipinski definition) is 5. The Labute approximate surface area is 143 Å². The maximum atomic E-state index is 12.1. The van der Waals surface area contributed by atoms with E-state index in [1.165, 1.54) is 23.9 Å². The molecule has 24 heavy (non-hydrogen) atoms. The van der Waals surface area contributed by atoms with Crippen LogP contribution in [-0.4, -0.2) is 21.3 Å². The summed E-state index contributed by atoms with van der Waals surface area (Å²) in [5.41, 5.74) is 3.63. The van der Waals surface area contributed by atoms with Crippen LogP contribution in [0.3, 0.4) is 0 Å². The van der Waals surface area contributed by atoms with Crippen molar-refractivity contribution in [3.63, 3.8) is 0 Å². The number of carbonyl (C=O) groups excluding carboxylic acids is 1. The molecule has 6 heteroatoms. The minimum Gasteiger partial charge on any atom is -0.504 e. The minimum absolute atomic E-state index is 0.197. The number of nitrogens with zero attached hydrogens (tertiary/aromatic N) is 1. The molecule has 3 rings (SSSR count). The molecule has 1 amide bonds. The maximum absolute atomic E-state index is 12.1. The number of phenolic OH excluding ortho intramolecular Hbond substituents is 2. The molecule has 3 N–H and O–H groups in total. The highest BCUT2D eigenvalue weighted by molar-refractivity contribution is 8.18. The van der Waals surface area contributed by atoms with E-state index in [0.29, 0.717) is 15.6 Å². The molecule has 1 aliphatic rings. The lowest BCUT2D eigenvalue weighted by atomic mass is 10.1. The maximum Gasteiger partial charge on any atom is 0.264 e. The Morgan fingerprint density at radius 1 is 1.08 bits per heavy atom. The van der Waals surface area contributed by atoms with E-state index in [1.807, 2.05) is 32.0 Å². The average molecular weight is 340 g/mol. The Balaban J connectivity index is 1.86. The van der Waals surface area contributed by atoms with Crippen LogP contribution in [0.4, 0.5) is 5.69 Å². The average Bonchev–Trinajstić information content (AvgIpc) is 2.86. The normalized spacial score (nSPS) is 17.5. The van der Waals surface area contributed by atoms with Crippen molar-refractivity contribution in [2.75, 3.05) is 0 Å². The lowest BCUT2D eigenvalue weighted by Crippen LogP contribution is -2.19. The van der Waals surface area contributed by atoms with E-state index in [0.717, 1.165) is 16.8 Å². The Morgan fingerprint density at radius 2 is 1.88 bits per heavy atom. The molecule has 0 saturated carbocycles. The molecule has 0 aliphatic carbocycles. The van der Waals surface area contributed by atoms with Crippen LogP contribution in [0.2, 0.25) is 0 Å². The molecule has 5 nitrogen and oxygen atoms in total. The van der Waals surface area contributed by atoms with Gasteiger partial charge in [0.1, 0.15) is 0 Å². The Morgan fingerprint density at radius 3 is 2.58 bits per heavy atom. The number of aliphatic imine (C=N–C) groups is 1. The highest BCUT2D eigenvalue weighted by atomic mass is 32.2. The molecule has 0 aromatic heterocycles. The highest BCUT2D eigenvalue weighted by Crippen LogP contribution is 2.31. The molecule has 0 unspecified atom stereocenters. The zero-order chi connectivity index (χ0) is 17.3. The number of phenols is 2. The van der Waals surface area contributed by atoms with E-state index in [4.69, 9.17) is 0 Å². The largest absolute Gasteiger partial charge is 0.504 e. The molecular weight excluding hydrogens is 324 g/mol.